The lowest BCUT2D eigenvalue weighted by Crippen LogP contribution is -2.51. The number of likely N-dealkylation sites (N-methyl/N-ethyl adjacent to an activating group) is 1. The van der Waals surface area contributed by atoms with E-state index < -0.39 is 6.04 Å². The number of anilines is 3. The van der Waals surface area contributed by atoms with E-state index in [1.54, 1.807) is 31.0 Å². The molecule has 2 N–H and O–H groups in total. The molecular weight excluding hydrogens is 380 g/mol. The Hall–Kier alpha value is -3.19. The number of aryl methyl sites for hydroxylation is 3. The summed E-state index contributed by atoms with van der Waals surface area (Å²) in [6.45, 7) is 7.71. The first-order valence-electron chi connectivity index (χ1n) is 9.95. The molecule has 0 aromatic heterocycles. The quantitative estimate of drug-likeness (QED) is 0.797. The molecular formula is C23H28N4O3. The average molecular weight is 409 g/mol. The molecule has 0 saturated heterocycles. The minimum Gasteiger partial charge on any atom is -0.324 e. The zero-order chi connectivity index (χ0) is 22.0. The lowest BCUT2D eigenvalue weighted by Gasteiger charge is -2.33. The SMILES string of the molecule is Cc1cc(C)c(NC(=O)CN(C)[C@@H](C)C(=O)N2CC(=O)Nc3ccccc32)c(C)c1. The molecule has 158 valence electrons. The van der Waals surface area contributed by atoms with Crippen LogP contribution >= 0.6 is 0 Å². The highest BCUT2D eigenvalue weighted by molar-refractivity contribution is 6.11. The number of rotatable bonds is 5. The molecule has 2 aromatic carbocycles. The van der Waals surface area contributed by atoms with Crippen LogP contribution in [-0.4, -0.2) is 48.8 Å². The normalized spacial score (nSPS) is 14.2. The summed E-state index contributed by atoms with van der Waals surface area (Å²) in [6, 6.07) is 10.7. The number of nitrogens with zero attached hydrogens (tertiary/aromatic N) is 2. The second-order valence-corrected chi connectivity index (χ2v) is 7.90. The van der Waals surface area contributed by atoms with E-state index in [9.17, 15) is 14.4 Å². The van der Waals surface area contributed by atoms with E-state index in [4.69, 9.17) is 0 Å². The Labute approximate surface area is 177 Å². The molecule has 30 heavy (non-hydrogen) atoms. The molecule has 3 amide bonds. The van der Waals surface area contributed by atoms with Crippen LogP contribution in [0.1, 0.15) is 23.6 Å². The van der Waals surface area contributed by atoms with Gasteiger partial charge in [0.15, 0.2) is 0 Å². The van der Waals surface area contributed by atoms with Crippen LogP contribution < -0.4 is 15.5 Å². The van der Waals surface area contributed by atoms with E-state index in [2.05, 4.69) is 10.6 Å². The van der Waals surface area contributed by atoms with Gasteiger partial charge in [0.05, 0.1) is 24.0 Å². The fourth-order valence-corrected chi connectivity index (χ4v) is 3.76. The fourth-order valence-electron chi connectivity index (χ4n) is 3.76. The van der Waals surface area contributed by atoms with Gasteiger partial charge in [-0.3, -0.25) is 24.2 Å². The first-order chi connectivity index (χ1) is 14.2. The van der Waals surface area contributed by atoms with E-state index in [0.717, 1.165) is 22.4 Å². The minimum atomic E-state index is -0.574. The number of para-hydroxylation sites is 2. The predicted octanol–water partition coefficient (Wildman–Crippen LogP) is 2.86. The van der Waals surface area contributed by atoms with Crippen LogP contribution in [0, 0.1) is 20.8 Å². The van der Waals surface area contributed by atoms with Gasteiger partial charge in [-0.05, 0) is 58.0 Å². The van der Waals surface area contributed by atoms with Crippen molar-refractivity contribution in [2.75, 3.05) is 35.7 Å². The van der Waals surface area contributed by atoms with E-state index >= 15 is 0 Å². The van der Waals surface area contributed by atoms with Gasteiger partial charge in [-0.25, -0.2) is 0 Å². The second-order valence-electron chi connectivity index (χ2n) is 7.90. The Morgan fingerprint density at radius 3 is 2.47 bits per heavy atom. The smallest absolute Gasteiger partial charge is 0.244 e. The highest BCUT2D eigenvalue weighted by Crippen LogP contribution is 2.29. The molecule has 1 atom stereocenters. The summed E-state index contributed by atoms with van der Waals surface area (Å²) >= 11 is 0. The van der Waals surface area contributed by atoms with Crippen LogP contribution in [0.4, 0.5) is 17.1 Å². The van der Waals surface area contributed by atoms with Crippen molar-refractivity contribution >= 4 is 34.8 Å². The summed E-state index contributed by atoms with van der Waals surface area (Å²) in [5.41, 5.74) is 5.23. The summed E-state index contributed by atoms with van der Waals surface area (Å²) in [4.78, 5) is 40.9. The van der Waals surface area contributed by atoms with E-state index in [0.29, 0.717) is 11.4 Å². The Morgan fingerprint density at radius 1 is 1.17 bits per heavy atom. The number of amides is 3. The van der Waals surface area contributed by atoms with Crippen molar-refractivity contribution in [1.29, 1.82) is 0 Å². The van der Waals surface area contributed by atoms with Crippen molar-refractivity contribution in [3.05, 3.63) is 53.1 Å². The second kappa shape index (κ2) is 8.67. The maximum Gasteiger partial charge on any atom is 0.244 e. The van der Waals surface area contributed by atoms with Crippen molar-refractivity contribution in [3.8, 4) is 0 Å². The van der Waals surface area contributed by atoms with Crippen LogP contribution in [0.25, 0.3) is 0 Å². The Morgan fingerprint density at radius 2 is 1.80 bits per heavy atom. The van der Waals surface area contributed by atoms with Gasteiger partial charge in [0.1, 0.15) is 6.54 Å². The van der Waals surface area contributed by atoms with Gasteiger partial charge < -0.3 is 10.6 Å². The molecule has 0 spiro atoms. The number of carbonyl (C=O) groups excluding carboxylic acids is 3. The molecule has 1 aliphatic heterocycles. The minimum absolute atomic E-state index is 0.0397. The Kier molecular flexibility index (Phi) is 6.22. The first-order valence-corrected chi connectivity index (χ1v) is 9.95. The Balaban J connectivity index is 1.69. The summed E-state index contributed by atoms with van der Waals surface area (Å²) in [5.74, 6) is -0.653. The largest absolute Gasteiger partial charge is 0.324 e. The molecule has 1 aliphatic rings. The van der Waals surface area contributed by atoms with Gasteiger partial charge in [-0.2, -0.15) is 0 Å². The molecule has 0 saturated carbocycles. The summed E-state index contributed by atoms with van der Waals surface area (Å²) < 4.78 is 0. The van der Waals surface area contributed by atoms with Crippen LogP contribution in [0.3, 0.4) is 0 Å². The van der Waals surface area contributed by atoms with Gasteiger partial charge in [-0.15, -0.1) is 0 Å². The number of benzene rings is 2. The molecule has 0 radical (unpaired) electrons. The lowest BCUT2D eigenvalue weighted by atomic mass is 10.1. The zero-order valence-electron chi connectivity index (χ0n) is 18.1. The standard InChI is InChI=1S/C23H28N4O3/c1-14-10-15(2)22(16(3)11-14)25-20(28)12-26(5)17(4)23(30)27-13-21(29)24-18-8-6-7-9-19(18)27/h6-11,17H,12-13H2,1-5H3,(H,24,29)(H,25,28)/t17-/m0/s1. The Bertz CT molecular complexity index is 979. The molecule has 1 heterocycles. The molecule has 0 bridgehead atoms. The number of nitrogens with one attached hydrogen (secondary N) is 2. The maximum atomic E-state index is 13.1. The van der Waals surface area contributed by atoms with Gasteiger partial charge in [0.25, 0.3) is 0 Å². The fraction of sp³-hybridized carbons (Fsp3) is 0.348. The molecule has 7 nitrogen and oxygen atoms in total. The highest BCUT2D eigenvalue weighted by atomic mass is 16.2. The third-order valence-electron chi connectivity index (χ3n) is 5.39. The van der Waals surface area contributed by atoms with Crippen molar-refractivity contribution in [2.45, 2.75) is 33.7 Å². The summed E-state index contributed by atoms with van der Waals surface area (Å²) in [6.07, 6.45) is 0. The number of hydrogen-bond donors (Lipinski definition) is 2. The van der Waals surface area contributed by atoms with Crippen LogP contribution in [0.2, 0.25) is 0 Å². The molecule has 3 rings (SSSR count). The first kappa shape index (κ1) is 21.5. The van der Waals surface area contributed by atoms with Crippen LogP contribution in [0.5, 0.6) is 0 Å². The van der Waals surface area contributed by atoms with E-state index in [-0.39, 0.29) is 30.8 Å². The predicted molar refractivity (Wildman–Crippen MR) is 119 cm³/mol. The topological polar surface area (TPSA) is 81.8 Å². The highest BCUT2D eigenvalue weighted by Gasteiger charge is 2.31. The van der Waals surface area contributed by atoms with Gasteiger partial charge in [-0.1, -0.05) is 29.8 Å². The van der Waals surface area contributed by atoms with Crippen LogP contribution in [0.15, 0.2) is 36.4 Å². The summed E-state index contributed by atoms with van der Waals surface area (Å²) in [5, 5.41) is 5.74. The number of carbonyl (C=O) groups is 3. The number of hydrogen-bond acceptors (Lipinski definition) is 4. The number of fused-ring (bicyclic) bond motifs is 1. The molecule has 0 fully saturated rings. The third-order valence-corrected chi connectivity index (χ3v) is 5.39. The van der Waals surface area contributed by atoms with Gasteiger partial charge in [0, 0.05) is 5.69 Å². The van der Waals surface area contributed by atoms with E-state index in [1.165, 1.54) is 4.90 Å². The van der Waals surface area contributed by atoms with Crippen molar-refractivity contribution < 1.29 is 14.4 Å². The van der Waals surface area contributed by atoms with Crippen molar-refractivity contribution in [3.63, 3.8) is 0 Å². The molecule has 0 aliphatic carbocycles. The molecule has 2 aromatic rings. The summed E-state index contributed by atoms with van der Waals surface area (Å²) in [7, 11) is 1.73. The monoisotopic (exact) mass is 408 g/mol. The average Bonchev–Trinajstić information content (AvgIpc) is 2.68. The zero-order valence-corrected chi connectivity index (χ0v) is 18.1. The molecule has 0 unspecified atom stereocenters. The van der Waals surface area contributed by atoms with Gasteiger partial charge >= 0.3 is 0 Å². The van der Waals surface area contributed by atoms with Gasteiger partial charge in [0.2, 0.25) is 17.7 Å². The molecule has 7 heteroatoms. The third kappa shape index (κ3) is 4.52. The van der Waals surface area contributed by atoms with Crippen molar-refractivity contribution in [2.24, 2.45) is 0 Å². The van der Waals surface area contributed by atoms with E-state index in [1.807, 2.05) is 45.0 Å². The maximum absolute atomic E-state index is 13.1. The lowest BCUT2D eigenvalue weighted by molar-refractivity contribution is -0.126. The van der Waals surface area contributed by atoms with Crippen LogP contribution in [-0.2, 0) is 14.4 Å². The van der Waals surface area contributed by atoms with Crippen molar-refractivity contribution in [1.82, 2.24) is 4.90 Å².